The van der Waals surface area contributed by atoms with Gasteiger partial charge in [-0.15, -0.1) is 0 Å². The molecule has 0 aromatic heterocycles. The largest absolute Gasteiger partial charge is 0.744 e. The lowest BCUT2D eigenvalue weighted by Gasteiger charge is -2.53. The average Bonchev–Trinajstić information content (AvgIpc) is 2.93. The minimum Gasteiger partial charge on any atom is -0.744 e. The molecule has 4 unspecified atom stereocenters. The van der Waals surface area contributed by atoms with Gasteiger partial charge in [-0.1, -0.05) is 75.2 Å². The molecule has 7 heteroatoms. The average molecular weight is 560 g/mol. The molecule has 3 aromatic carbocycles. The van der Waals surface area contributed by atoms with Crippen molar-refractivity contribution in [2.75, 3.05) is 0 Å². The number of aliphatic hydroxyl groups is 1. The molecule has 6 nitrogen and oxygen atoms in total. The highest BCUT2D eigenvalue weighted by Gasteiger charge is 2.56. The van der Waals surface area contributed by atoms with Gasteiger partial charge in [0.15, 0.2) is 0 Å². The maximum atomic E-state index is 14.4. The van der Waals surface area contributed by atoms with Crippen molar-refractivity contribution < 1.29 is 27.6 Å². The van der Waals surface area contributed by atoms with E-state index in [2.05, 4.69) is 24.3 Å². The van der Waals surface area contributed by atoms with Crippen molar-refractivity contribution in [3.8, 4) is 5.75 Å². The van der Waals surface area contributed by atoms with Gasteiger partial charge in [0.2, 0.25) is 0 Å². The van der Waals surface area contributed by atoms with Crippen LogP contribution in [0.25, 0.3) is 0 Å². The molecule has 3 aromatic rings. The molecule has 4 atom stereocenters. The van der Waals surface area contributed by atoms with Crippen LogP contribution in [0.1, 0.15) is 90.7 Å². The minimum absolute atomic E-state index is 0.0343. The molecular formula is C33H35O6S-. The number of carbonyl (C=O) groups excluding carboxylic acids is 1. The Morgan fingerprint density at radius 2 is 1.48 bits per heavy atom. The Morgan fingerprint density at radius 1 is 0.925 bits per heavy atom. The smallest absolute Gasteiger partial charge is 0.315 e. The predicted molar refractivity (Wildman–Crippen MR) is 150 cm³/mol. The molecule has 0 radical (unpaired) electrons. The first-order valence-corrected chi connectivity index (χ1v) is 15.7. The molecule has 2 bridgehead atoms. The van der Waals surface area contributed by atoms with Crippen LogP contribution in [-0.4, -0.2) is 30.2 Å². The van der Waals surface area contributed by atoms with Crippen molar-refractivity contribution in [1.29, 1.82) is 0 Å². The highest BCUT2D eigenvalue weighted by Crippen LogP contribution is 2.61. The van der Waals surface area contributed by atoms with Gasteiger partial charge < -0.3 is 14.4 Å². The van der Waals surface area contributed by atoms with Gasteiger partial charge in [0.1, 0.15) is 15.9 Å². The van der Waals surface area contributed by atoms with Crippen LogP contribution in [0.15, 0.2) is 65.6 Å². The van der Waals surface area contributed by atoms with Gasteiger partial charge >= 0.3 is 5.97 Å². The van der Waals surface area contributed by atoms with E-state index in [1.165, 1.54) is 23.3 Å². The van der Waals surface area contributed by atoms with Crippen molar-refractivity contribution in [3.63, 3.8) is 0 Å². The molecular weight excluding hydrogens is 524 g/mol. The van der Waals surface area contributed by atoms with E-state index in [4.69, 9.17) is 4.74 Å². The molecule has 0 aliphatic heterocycles. The summed E-state index contributed by atoms with van der Waals surface area (Å²) < 4.78 is 42.1. The maximum absolute atomic E-state index is 14.4. The van der Waals surface area contributed by atoms with E-state index in [1.54, 1.807) is 20.8 Å². The zero-order chi connectivity index (χ0) is 28.3. The summed E-state index contributed by atoms with van der Waals surface area (Å²) in [5.41, 5.74) is 5.46. The van der Waals surface area contributed by atoms with Gasteiger partial charge in [-0.3, -0.25) is 4.79 Å². The summed E-state index contributed by atoms with van der Waals surface area (Å²) >= 11 is 0. The maximum Gasteiger partial charge on any atom is 0.315 e. The Morgan fingerprint density at radius 3 is 2.00 bits per heavy atom. The first-order chi connectivity index (χ1) is 19.1. The fourth-order valence-corrected chi connectivity index (χ4v) is 8.65. The zero-order valence-corrected chi connectivity index (χ0v) is 23.9. The summed E-state index contributed by atoms with van der Waals surface area (Å²) in [6.07, 6.45) is 3.10. The van der Waals surface area contributed by atoms with E-state index in [0.717, 1.165) is 36.8 Å². The van der Waals surface area contributed by atoms with E-state index in [1.807, 2.05) is 24.3 Å². The number of aryl methyl sites for hydroxylation is 1. The number of ether oxygens (including phenoxy) is 1. The van der Waals surface area contributed by atoms with Crippen molar-refractivity contribution in [2.24, 2.45) is 17.8 Å². The normalized spacial score (nSPS) is 27.2. The minimum atomic E-state index is -4.69. The SMILES string of the molecule is Cc1cc(S(=O)(=O)[O-])c(C(C)C)cc1OC(=O)C1C2c3ccccc3C(c3ccccc32)C1C1CCCCC1O. The summed E-state index contributed by atoms with van der Waals surface area (Å²) in [5, 5.41) is 11.2. The monoisotopic (exact) mass is 559 g/mol. The van der Waals surface area contributed by atoms with E-state index in [0.29, 0.717) is 11.1 Å². The number of carbonyl (C=O) groups is 1. The standard InChI is InChI=1S/C33H36O6S/c1-18(2)25-17-27(19(3)16-28(25)40(36,37)38)39-33(35)32-30-22-12-6-4-10-20(22)29(21-11-5-7-13-23(21)30)31(32)24-14-8-9-15-26(24)34/h4-7,10-13,16-18,24,26,29-32,34H,8-9,14-15H2,1-3H3,(H,36,37,38)/p-1. The highest BCUT2D eigenvalue weighted by molar-refractivity contribution is 7.85. The lowest BCUT2D eigenvalue weighted by atomic mass is 9.50. The molecule has 1 N–H and O–H groups in total. The molecule has 4 aliphatic carbocycles. The molecule has 1 saturated carbocycles. The lowest BCUT2D eigenvalue weighted by Crippen LogP contribution is -2.50. The van der Waals surface area contributed by atoms with Gasteiger partial charge in [0.05, 0.1) is 16.9 Å². The number of hydrogen-bond acceptors (Lipinski definition) is 6. The van der Waals surface area contributed by atoms with Crippen LogP contribution in [0.3, 0.4) is 0 Å². The molecule has 7 rings (SSSR count). The van der Waals surface area contributed by atoms with Crippen molar-refractivity contribution in [3.05, 3.63) is 94.0 Å². The summed E-state index contributed by atoms with van der Waals surface area (Å²) in [4.78, 5) is 14.1. The number of aliphatic hydroxyl groups excluding tert-OH is 1. The van der Waals surface area contributed by atoms with Crippen LogP contribution >= 0.6 is 0 Å². The van der Waals surface area contributed by atoms with E-state index in [-0.39, 0.29) is 46.2 Å². The zero-order valence-electron chi connectivity index (χ0n) is 23.0. The number of hydrogen-bond donors (Lipinski definition) is 1. The Kier molecular flexibility index (Phi) is 6.88. The van der Waals surface area contributed by atoms with Crippen molar-refractivity contribution in [2.45, 2.75) is 75.2 Å². The molecule has 1 fully saturated rings. The molecule has 0 spiro atoms. The number of esters is 1. The van der Waals surface area contributed by atoms with Crippen LogP contribution in [0.2, 0.25) is 0 Å². The lowest BCUT2D eigenvalue weighted by molar-refractivity contribution is -0.145. The van der Waals surface area contributed by atoms with Gasteiger partial charge in [-0.05, 0) is 83.0 Å². The fourth-order valence-electron chi connectivity index (χ4n) is 7.75. The third-order valence-electron chi connectivity index (χ3n) is 9.45. The Bertz CT molecular complexity index is 1530. The highest BCUT2D eigenvalue weighted by atomic mass is 32.2. The topological polar surface area (TPSA) is 104 Å². The second kappa shape index (κ2) is 10.1. The summed E-state index contributed by atoms with van der Waals surface area (Å²) in [6.45, 7) is 5.26. The molecule has 40 heavy (non-hydrogen) atoms. The van der Waals surface area contributed by atoms with E-state index < -0.39 is 22.1 Å². The van der Waals surface area contributed by atoms with Gasteiger partial charge in [-0.2, -0.15) is 0 Å². The van der Waals surface area contributed by atoms with E-state index >= 15 is 0 Å². The van der Waals surface area contributed by atoms with Crippen molar-refractivity contribution in [1.82, 2.24) is 0 Å². The van der Waals surface area contributed by atoms with Gasteiger partial charge in [0, 0.05) is 11.8 Å². The summed E-state index contributed by atoms with van der Waals surface area (Å²) in [7, 11) is -4.69. The molecule has 4 aliphatic rings. The number of rotatable bonds is 5. The van der Waals surface area contributed by atoms with Crippen LogP contribution in [0.5, 0.6) is 5.75 Å². The third-order valence-corrected chi connectivity index (χ3v) is 10.3. The summed E-state index contributed by atoms with van der Waals surface area (Å²) in [6, 6.07) is 19.5. The first-order valence-electron chi connectivity index (χ1n) is 14.3. The van der Waals surface area contributed by atoms with Gasteiger partial charge in [0.25, 0.3) is 0 Å². The fraction of sp³-hybridized carbons (Fsp3) is 0.424. The Hall–Kier alpha value is -3.00. The molecule has 0 amide bonds. The first kappa shape index (κ1) is 27.2. The van der Waals surface area contributed by atoms with Crippen LogP contribution in [0.4, 0.5) is 0 Å². The predicted octanol–water partition coefficient (Wildman–Crippen LogP) is 6.00. The second-order valence-electron chi connectivity index (χ2n) is 12.0. The Balaban J connectivity index is 1.48. The molecule has 0 saturated heterocycles. The molecule has 0 heterocycles. The molecule has 210 valence electrons. The van der Waals surface area contributed by atoms with Crippen LogP contribution in [0, 0.1) is 24.7 Å². The van der Waals surface area contributed by atoms with Crippen molar-refractivity contribution >= 4 is 16.1 Å². The quantitative estimate of drug-likeness (QED) is 0.234. The van der Waals surface area contributed by atoms with Crippen LogP contribution in [-0.2, 0) is 14.9 Å². The second-order valence-corrected chi connectivity index (χ2v) is 13.4. The third kappa shape index (κ3) is 4.39. The number of benzene rings is 3. The Labute approximate surface area is 236 Å². The van der Waals surface area contributed by atoms with Crippen LogP contribution < -0.4 is 4.74 Å². The van der Waals surface area contributed by atoms with E-state index in [9.17, 15) is 22.9 Å². The van der Waals surface area contributed by atoms with Gasteiger partial charge in [-0.25, -0.2) is 8.42 Å². The number of fused-ring (bicyclic) bond motifs is 1. The summed E-state index contributed by atoms with van der Waals surface area (Å²) in [5.74, 6) is -1.30.